The van der Waals surface area contributed by atoms with Gasteiger partial charge in [-0.3, -0.25) is 0 Å². The van der Waals surface area contributed by atoms with Gasteiger partial charge in [0.2, 0.25) is 0 Å². The van der Waals surface area contributed by atoms with Gasteiger partial charge in [-0.2, -0.15) is 0 Å². The van der Waals surface area contributed by atoms with Crippen molar-refractivity contribution >= 4 is 0 Å². The van der Waals surface area contributed by atoms with Crippen LogP contribution in [0.1, 0.15) is 35.6 Å². The van der Waals surface area contributed by atoms with Crippen molar-refractivity contribution in [3.8, 4) is 0 Å². The molecule has 1 aliphatic heterocycles. The first kappa shape index (κ1) is 30.1. The third-order valence-corrected chi connectivity index (χ3v) is 7.53. The van der Waals surface area contributed by atoms with Gasteiger partial charge in [0, 0.05) is 6.42 Å². The summed E-state index contributed by atoms with van der Waals surface area (Å²) in [5.41, 5.74) is 4.10. The standard InChI is InChI=1S/C36H40O6/c1-2-36(37)35(41-26-31-21-13-6-14-22-31)34(40-25-30-19-11-5-12-20-30)33(39-24-29-17-9-4-10-18-29)32(42-36)27-38-23-28-15-7-3-8-16-28/h3-22,32-35,37H,2,23-27H2,1H3/t32-,33-,34+,35-,36+/m1/s1. The number of hydrogen-bond donors (Lipinski definition) is 1. The van der Waals surface area contributed by atoms with Gasteiger partial charge in [0.1, 0.15) is 24.4 Å². The molecule has 0 amide bonds. The Morgan fingerprint density at radius 1 is 0.571 bits per heavy atom. The Morgan fingerprint density at radius 3 is 1.43 bits per heavy atom. The van der Waals surface area contributed by atoms with E-state index in [0.29, 0.717) is 32.8 Å². The summed E-state index contributed by atoms with van der Waals surface area (Å²) in [7, 11) is 0. The van der Waals surface area contributed by atoms with Crippen molar-refractivity contribution in [1.29, 1.82) is 0 Å². The molecule has 0 bridgehead atoms. The van der Waals surface area contributed by atoms with Gasteiger partial charge in [-0.1, -0.05) is 128 Å². The molecule has 1 saturated heterocycles. The molecule has 6 heteroatoms. The molecule has 5 atom stereocenters. The van der Waals surface area contributed by atoms with E-state index in [1.165, 1.54) is 0 Å². The van der Waals surface area contributed by atoms with Crippen LogP contribution >= 0.6 is 0 Å². The van der Waals surface area contributed by atoms with Crippen LogP contribution in [0.4, 0.5) is 0 Å². The molecule has 1 aliphatic rings. The van der Waals surface area contributed by atoms with Crippen molar-refractivity contribution in [2.75, 3.05) is 6.61 Å². The Bertz CT molecular complexity index is 1300. The third kappa shape index (κ3) is 8.13. The lowest BCUT2D eigenvalue weighted by Crippen LogP contribution is -2.67. The molecule has 1 heterocycles. The summed E-state index contributed by atoms with van der Waals surface area (Å²) in [6, 6.07) is 39.9. The van der Waals surface area contributed by atoms with Crippen LogP contribution in [0.5, 0.6) is 0 Å². The zero-order valence-electron chi connectivity index (χ0n) is 24.1. The highest BCUT2D eigenvalue weighted by atomic mass is 16.7. The number of rotatable bonds is 14. The zero-order valence-corrected chi connectivity index (χ0v) is 24.1. The molecule has 0 unspecified atom stereocenters. The van der Waals surface area contributed by atoms with Crippen LogP contribution in [0.25, 0.3) is 0 Å². The molecular formula is C36H40O6. The average molecular weight is 569 g/mol. The summed E-state index contributed by atoms with van der Waals surface area (Å²) >= 11 is 0. The van der Waals surface area contributed by atoms with Crippen molar-refractivity contribution in [3.05, 3.63) is 144 Å². The van der Waals surface area contributed by atoms with Gasteiger partial charge in [-0.05, 0) is 22.3 Å². The van der Waals surface area contributed by atoms with Crippen LogP contribution in [0.2, 0.25) is 0 Å². The van der Waals surface area contributed by atoms with Crippen molar-refractivity contribution < 1.29 is 28.8 Å². The van der Waals surface area contributed by atoms with Gasteiger partial charge in [0.15, 0.2) is 5.79 Å². The van der Waals surface area contributed by atoms with E-state index in [2.05, 4.69) is 0 Å². The Labute approximate surface area is 248 Å². The second kappa shape index (κ2) is 15.2. The fourth-order valence-electron chi connectivity index (χ4n) is 5.22. The largest absolute Gasteiger partial charge is 0.374 e. The van der Waals surface area contributed by atoms with E-state index in [9.17, 15) is 5.11 Å². The zero-order chi connectivity index (χ0) is 29.0. The van der Waals surface area contributed by atoms with E-state index in [1.54, 1.807) is 0 Å². The molecule has 220 valence electrons. The lowest BCUT2D eigenvalue weighted by molar-refractivity contribution is -0.371. The van der Waals surface area contributed by atoms with Crippen LogP contribution in [-0.2, 0) is 50.1 Å². The van der Waals surface area contributed by atoms with Crippen LogP contribution in [0.15, 0.2) is 121 Å². The van der Waals surface area contributed by atoms with Gasteiger partial charge in [0.25, 0.3) is 0 Å². The van der Waals surface area contributed by atoms with E-state index in [1.807, 2.05) is 128 Å². The first-order valence-corrected chi connectivity index (χ1v) is 14.6. The van der Waals surface area contributed by atoms with Crippen molar-refractivity contribution in [1.82, 2.24) is 0 Å². The summed E-state index contributed by atoms with van der Waals surface area (Å²) in [6.45, 7) is 3.50. The number of aliphatic hydroxyl groups is 1. The minimum absolute atomic E-state index is 0.216. The van der Waals surface area contributed by atoms with Gasteiger partial charge in [-0.15, -0.1) is 0 Å². The Morgan fingerprint density at radius 2 is 0.976 bits per heavy atom. The van der Waals surface area contributed by atoms with Gasteiger partial charge < -0.3 is 28.8 Å². The first-order valence-electron chi connectivity index (χ1n) is 14.6. The third-order valence-electron chi connectivity index (χ3n) is 7.53. The maximum Gasteiger partial charge on any atom is 0.195 e. The van der Waals surface area contributed by atoms with Gasteiger partial charge in [-0.25, -0.2) is 0 Å². The highest BCUT2D eigenvalue weighted by Crippen LogP contribution is 2.37. The summed E-state index contributed by atoms with van der Waals surface area (Å²) in [6.07, 6.45) is -2.31. The normalized spacial score (nSPS) is 24.0. The molecule has 5 rings (SSSR count). The lowest BCUT2D eigenvalue weighted by atomic mass is 9.90. The Hall–Kier alpha value is -3.36. The van der Waals surface area contributed by atoms with Gasteiger partial charge >= 0.3 is 0 Å². The second-order valence-corrected chi connectivity index (χ2v) is 10.6. The Kier molecular flexibility index (Phi) is 10.9. The van der Waals surface area contributed by atoms with E-state index in [4.69, 9.17) is 23.7 Å². The highest BCUT2D eigenvalue weighted by Gasteiger charge is 2.55. The average Bonchev–Trinajstić information content (AvgIpc) is 3.05. The molecule has 6 nitrogen and oxygen atoms in total. The monoisotopic (exact) mass is 568 g/mol. The summed E-state index contributed by atoms with van der Waals surface area (Å²) < 4.78 is 32.3. The minimum atomic E-state index is -1.61. The quantitative estimate of drug-likeness (QED) is 0.188. The topological polar surface area (TPSA) is 66.4 Å². The van der Waals surface area contributed by atoms with Crippen LogP contribution in [0, 0.1) is 0 Å². The fourth-order valence-corrected chi connectivity index (χ4v) is 5.22. The van der Waals surface area contributed by atoms with E-state index in [0.717, 1.165) is 22.3 Å². The SMILES string of the molecule is CC[C@]1(O)O[C@H](COCc2ccccc2)[C@@H](OCc2ccccc2)[C@H](OCc2ccccc2)[C@H]1OCc1ccccc1. The number of hydrogen-bond acceptors (Lipinski definition) is 6. The summed E-state index contributed by atoms with van der Waals surface area (Å²) in [5.74, 6) is -1.61. The van der Waals surface area contributed by atoms with Gasteiger partial charge in [0.05, 0.1) is 33.0 Å². The molecule has 0 aromatic heterocycles. The molecule has 1 N–H and O–H groups in total. The van der Waals surface area contributed by atoms with E-state index < -0.39 is 30.2 Å². The predicted octanol–water partition coefficient (Wildman–Crippen LogP) is 6.46. The molecule has 0 radical (unpaired) electrons. The first-order chi connectivity index (χ1) is 20.6. The second-order valence-electron chi connectivity index (χ2n) is 10.6. The number of benzene rings is 4. The molecular weight excluding hydrogens is 528 g/mol. The lowest BCUT2D eigenvalue weighted by Gasteiger charge is -2.50. The molecule has 42 heavy (non-hydrogen) atoms. The molecule has 4 aromatic carbocycles. The minimum Gasteiger partial charge on any atom is -0.374 e. The summed E-state index contributed by atoms with van der Waals surface area (Å²) in [4.78, 5) is 0. The maximum absolute atomic E-state index is 11.9. The Balaban J connectivity index is 1.42. The highest BCUT2D eigenvalue weighted by molar-refractivity contribution is 5.16. The van der Waals surface area contributed by atoms with Crippen LogP contribution in [-0.4, -0.2) is 41.9 Å². The van der Waals surface area contributed by atoms with E-state index >= 15 is 0 Å². The smallest absolute Gasteiger partial charge is 0.195 e. The fraction of sp³-hybridized carbons (Fsp3) is 0.333. The molecule has 0 aliphatic carbocycles. The molecule has 0 spiro atoms. The van der Waals surface area contributed by atoms with Crippen LogP contribution in [0.3, 0.4) is 0 Å². The maximum atomic E-state index is 11.9. The molecule has 1 fully saturated rings. The van der Waals surface area contributed by atoms with Crippen molar-refractivity contribution in [2.45, 2.75) is 70.0 Å². The molecule has 4 aromatic rings. The predicted molar refractivity (Wildman–Crippen MR) is 161 cm³/mol. The van der Waals surface area contributed by atoms with Crippen molar-refractivity contribution in [3.63, 3.8) is 0 Å². The summed E-state index contributed by atoms with van der Waals surface area (Å²) in [5, 5.41) is 11.9. The van der Waals surface area contributed by atoms with Crippen molar-refractivity contribution in [2.24, 2.45) is 0 Å². The van der Waals surface area contributed by atoms with Crippen LogP contribution < -0.4 is 0 Å². The van der Waals surface area contributed by atoms with E-state index in [-0.39, 0.29) is 6.61 Å². The molecule has 0 saturated carbocycles. The number of ether oxygens (including phenoxy) is 5.